The number of aryl methyl sites for hydroxylation is 2. The lowest BCUT2D eigenvalue weighted by atomic mass is 10.2. The van der Waals surface area contributed by atoms with Crippen LogP contribution in [0, 0.1) is 13.8 Å². The van der Waals surface area contributed by atoms with Gasteiger partial charge in [-0.2, -0.15) is 0 Å². The van der Waals surface area contributed by atoms with E-state index in [1.54, 1.807) is 0 Å². The van der Waals surface area contributed by atoms with Crippen LogP contribution in [0.4, 0.5) is 0 Å². The van der Waals surface area contributed by atoms with Crippen molar-refractivity contribution in [1.82, 2.24) is 30.2 Å². The van der Waals surface area contributed by atoms with E-state index < -0.39 is 0 Å². The number of aromatic amines is 1. The van der Waals surface area contributed by atoms with Gasteiger partial charge in [-0.25, -0.2) is 14.6 Å². The number of H-pyrrole nitrogens is 1. The van der Waals surface area contributed by atoms with Crippen LogP contribution >= 0.6 is 11.3 Å². The number of fused-ring (bicyclic) bond motifs is 1. The first-order valence-electron chi connectivity index (χ1n) is 4.90. The van der Waals surface area contributed by atoms with Crippen LogP contribution in [0.3, 0.4) is 0 Å². The topological polar surface area (TPSA) is 89.3 Å². The number of tetrazole rings is 1. The van der Waals surface area contributed by atoms with Crippen molar-refractivity contribution in [1.29, 1.82) is 0 Å². The van der Waals surface area contributed by atoms with E-state index in [0.717, 1.165) is 15.3 Å². The predicted molar refractivity (Wildman–Crippen MR) is 62.4 cm³/mol. The van der Waals surface area contributed by atoms with Gasteiger partial charge in [0.2, 0.25) is 0 Å². The number of nitrogens with one attached hydrogen (secondary N) is 1. The van der Waals surface area contributed by atoms with E-state index in [1.165, 1.54) is 22.2 Å². The minimum Gasteiger partial charge on any atom is -0.268 e. The van der Waals surface area contributed by atoms with Crippen molar-refractivity contribution in [3.63, 3.8) is 0 Å². The van der Waals surface area contributed by atoms with Gasteiger partial charge in [-0.3, -0.25) is 4.79 Å². The fourth-order valence-electron chi connectivity index (χ4n) is 1.64. The van der Waals surface area contributed by atoms with Gasteiger partial charge in [0.05, 0.1) is 5.39 Å². The van der Waals surface area contributed by atoms with Gasteiger partial charge < -0.3 is 0 Å². The Bertz CT molecular complexity index is 741. The van der Waals surface area contributed by atoms with Crippen LogP contribution in [0.15, 0.2) is 11.1 Å². The van der Waals surface area contributed by atoms with Crippen LogP contribution in [0.1, 0.15) is 10.4 Å². The van der Waals surface area contributed by atoms with Crippen molar-refractivity contribution in [3.8, 4) is 5.95 Å². The Kier molecular flexibility index (Phi) is 2.05. The SMILES string of the molecule is Cc1sc2ncn(-c3nnn[nH]3)c(=O)c2c1C. The number of hydrogen-bond donors (Lipinski definition) is 1. The number of hydrogen-bond acceptors (Lipinski definition) is 6. The molecular weight excluding hydrogens is 240 g/mol. The molecule has 3 rings (SSSR count). The molecule has 0 unspecified atom stereocenters. The Morgan fingerprint density at radius 3 is 2.94 bits per heavy atom. The number of thiophene rings is 1. The minimum absolute atomic E-state index is 0.157. The van der Waals surface area contributed by atoms with Gasteiger partial charge in [0.1, 0.15) is 11.2 Å². The molecule has 0 bridgehead atoms. The molecule has 0 atom stereocenters. The van der Waals surface area contributed by atoms with Gasteiger partial charge in [-0.15, -0.1) is 11.3 Å². The smallest absolute Gasteiger partial charge is 0.268 e. The molecule has 0 spiro atoms. The molecule has 0 saturated carbocycles. The largest absolute Gasteiger partial charge is 0.269 e. The van der Waals surface area contributed by atoms with E-state index in [9.17, 15) is 4.79 Å². The molecule has 7 nitrogen and oxygen atoms in total. The van der Waals surface area contributed by atoms with Gasteiger partial charge in [0, 0.05) is 4.88 Å². The molecule has 8 heteroatoms. The van der Waals surface area contributed by atoms with Crippen LogP contribution in [-0.4, -0.2) is 30.2 Å². The van der Waals surface area contributed by atoms with Gasteiger partial charge >= 0.3 is 0 Å². The molecule has 0 amide bonds. The zero-order valence-electron chi connectivity index (χ0n) is 9.13. The fraction of sp³-hybridized carbons (Fsp3) is 0.222. The maximum Gasteiger partial charge on any atom is 0.269 e. The molecule has 3 aromatic rings. The lowest BCUT2D eigenvalue weighted by molar-refractivity contribution is 0.878. The Labute approximate surface area is 99.1 Å². The normalized spacial score (nSPS) is 11.2. The summed E-state index contributed by atoms with van der Waals surface area (Å²) >= 11 is 1.51. The van der Waals surface area contributed by atoms with E-state index in [2.05, 4.69) is 25.6 Å². The Morgan fingerprint density at radius 1 is 1.41 bits per heavy atom. The van der Waals surface area contributed by atoms with E-state index in [0.29, 0.717) is 5.39 Å². The van der Waals surface area contributed by atoms with Crippen LogP contribution in [0.2, 0.25) is 0 Å². The molecule has 0 radical (unpaired) electrons. The molecule has 0 aromatic carbocycles. The monoisotopic (exact) mass is 248 g/mol. The van der Waals surface area contributed by atoms with Crippen molar-refractivity contribution in [2.24, 2.45) is 0 Å². The van der Waals surface area contributed by atoms with Gasteiger partial charge in [0.25, 0.3) is 11.5 Å². The first-order chi connectivity index (χ1) is 8.18. The van der Waals surface area contributed by atoms with Crippen LogP contribution in [0.5, 0.6) is 0 Å². The zero-order valence-corrected chi connectivity index (χ0v) is 9.95. The number of rotatable bonds is 1. The summed E-state index contributed by atoms with van der Waals surface area (Å²) in [5.74, 6) is 0.271. The summed E-state index contributed by atoms with van der Waals surface area (Å²) in [6.07, 6.45) is 1.43. The molecule has 1 N–H and O–H groups in total. The Hall–Kier alpha value is -2.09. The first-order valence-corrected chi connectivity index (χ1v) is 5.71. The quantitative estimate of drug-likeness (QED) is 0.680. The minimum atomic E-state index is -0.157. The molecule has 0 aliphatic carbocycles. The molecule has 17 heavy (non-hydrogen) atoms. The van der Waals surface area contributed by atoms with Gasteiger partial charge in [-0.1, -0.05) is 5.10 Å². The van der Waals surface area contributed by atoms with Crippen molar-refractivity contribution in [2.45, 2.75) is 13.8 Å². The van der Waals surface area contributed by atoms with Crippen molar-refractivity contribution in [3.05, 3.63) is 27.1 Å². The van der Waals surface area contributed by atoms with Crippen molar-refractivity contribution in [2.75, 3.05) is 0 Å². The van der Waals surface area contributed by atoms with Crippen LogP contribution in [-0.2, 0) is 0 Å². The first kappa shape index (κ1) is 10.1. The molecule has 3 aromatic heterocycles. The molecule has 86 valence electrons. The summed E-state index contributed by atoms with van der Waals surface area (Å²) in [7, 11) is 0. The molecule has 0 saturated heterocycles. The highest BCUT2D eigenvalue weighted by atomic mass is 32.1. The average molecular weight is 248 g/mol. The second-order valence-electron chi connectivity index (χ2n) is 3.61. The summed E-state index contributed by atoms with van der Waals surface area (Å²) in [6.45, 7) is 3.89. The summed E-state index contributed by atoms with van der Waals surface area (Å²) in [6, 6.07) is 0. The lowest BCUT2D eigenvalue weighted by Crippen LogP contribution is -2.19. The summed E-state index contributed by atoms with van der Waals surface area (Å²) in [4.78, 5) is 18.4. The Morgan fingerprint density at radius 2 is 2.24 bits per heavy atom. The maximum absolute atomic E-state index is 12.3. The third-order valence-corrected chi connectivity index (χ3v) is 3.77. The Balaban J connectivity index is 2.41. The highest BCUT2D eigenvalue weighted by Crippen LogP contribution is 2.25. The third-order valence-electron chi connectivity index (χ3n) is 2.65. The second kappa shape index (κ2) is 3.45. The summed E-state index contributed by atoms with van der Waals surface area (Å²) < 4.78 is 1.31. The van der Waals surface area contributed by atoms with Crippen LogP contribution < -0.4 is 5.56 Å². The molecule has 0 fully saturated rings. The molecule has 3 heterocycles. The van der Waals surface area contributed by atoms with Crippen LogP contribution in [0.25, 0.3) is 16.2 Å². The zero-order chi connectivity index (χ0) is 12.0. The summed E-state index contributed by atoms with van der Waals surface area (Å²) in [5.41, 5.74) is 0.805. The third kappa shape index (κ3) is 1.37. The van der Waals surface area contributed by atoms with E-state index in [4.69, 9.17) is 0 Å². The van der Waals surface area contributed by atoms with Crippen molar-refractivity contribution >= 4 is 21.6 Å². The highest BCUT2D eigenvalue weighted by molar-refractivity contribution is 7.18. The highest BCUT2D eigenvalue weighted by Gasteiger charge is 2.13. The molecule has 0 aliphatic rings. The fourth-order valence-corrected chi connectivity index (χ4v) is 2.63. The van der Waals surface area contributed by atoms with E-state index in [1.807, 2.05) is 13.8 Å². The maximum atomic E-state index is 12.3. The van der Waals surface area contributed by atoms with E-state index in [-0.39, 0.29) is 11.5 Å². The average Bonchev–Trinajstić information content (AvgIpc) is 2.90. The second-order valence-corrected chi connectivity index (χ2v) is 4.81. The number of aromatic nitrogens is 6. The van der Waals surface area contributed by atoms with Gasteiger partial charge in [0.15, 0.2) is 0 Å². The van der Waals surface area contributed by atoms with Crippen molar-refractivity contribution < 1.29 is 0 Å². The standard InChI is InChI=1S/C9H8N6OS/c1-4-5(2)17-7-6(4)8(16)15(3-10-7)9-11-13-14-12-9/h3H,1-2H3,(H,11,12,13,14). The molecular formula is C9H8N6OS. The summed E-state index contributed by atoms with van der Waals surface area (Å²) in [5, 5.41) is 13.8. The lowest BCUT2D eigenvalue weighted by Gasteiger charge is -1.99. The molecule has 0 aliphatic heterocycles. The predicted octanol–water partition coefficient (Wildman–Crippen LogP) is 0.577. The number of nitrogens with zero attached hydrogens (tertiary/aromatic N) is 5. The van der Waals surface area contributed by atoms with Gasteiger partial charge in [-0.05, 0) is 29.8 Å². The van der Waals surface area contributed by atoms with E-state index >= 15 is 0 Å².